The van der Waals surface area contributed by atoms with Gasteiger partial charge in [0.05, 0.1) is 0 Å². The van der Waals surface area contributed by atoms with Crippen molar-refractivity contribution in [2.45, 2.75) is 13.8 Å². The average Bonchev–Trinajstić information content (AvgIpc) is 1.83. The van der Waals surface area contributed by atoms with Crippen LogP contribution < -0.4 is 0 Å². The van der Waals surface area contributed by atoms with Crippen LogP contribution in [-0.2, 0) is 5.11 Å². The van der Waals surface area contributed by atoms with Gasteiger partial charge >= 0.3 is 0 Å². The van der Waals surface area contributed by atoms with Crippen molar-refractivity contribution in [3.63, 3.8) is 0 Å². The lowest BCUT2D eigenvalue weighted by Crippen LogP contribution is -1.69. The Morgan fingerprint density at radius 3 is 2.62 bits per heavy atom. The highest BCUT2D eigenvalue weighted by Crippen LogP contribution is 1.91. The van der Waals surface area contributed by atoms with Crippen molar-refractivity contribution in [2.24, 2.45) is 0 Å². The quantitative estimate of drug-likeness (QED) is 0.485. The Balaban J connectivity index is 3.53. The maximum atomic E-state index is 9.84. The third-order valence-electron chi connectivity index (χ3n) is 0.932. The van der Waals surface area contributed by atoms with Gasteiger partial charge in [-0.3, -0.25) is 0 Å². The zero-order valence-electron chi connectivity index (χ0n) is 5.35. The number of rotatable bonds is 2. The maximum absolute atomic E-state index is 9.84. The van der Waals surface area contributed by atoms with Crippen LogP contribution in [0.5, 0.6) is 0 Å². The predicted molar refractivity (Wildman–Crippen MR) is 34.1 cm³/mol. The van der Waals surface area contributed by atoms with Crippen LogP contribution in [-0.4, -0.2) is 6.61 Å². The van der Waals surface area contributed by atoms with E-state index in [1.807, 2.05) is 26.0 Å². The molecule has 0 saturated heterocycles. The Kier molecular flexibility index (Phi) is 4.27. The van der Waals surface area contributed by atoms with Crippen LogP contribution in [0.3, 0.4) is 0 Å². The Bertz CT molecular complexity index is 101. The number of allylic oxidation sites excluding steroid dienone is 3. The molecular weight excluding hydrogens is 100 g/mol. The highest BCUT2D eigenvalue weighted by Gasteiger charge is 1.73. The van der Waals surface area contributed by atoms with Gasteiger partial charge in [-0.05, 0) is 13.8 Å². The predicted octanol–water partition coefficient (Wildman–Crippen LogP) is 1.94. The molecule has 0 amide bonds. The van der Waals surface area contributed by atoms with Gasteiger partial charge in [-0.1, -0.05) is 23.8 Å². The molecule has 1 nitrogen and oxygen atoms in total. The van der Waals surface area contributed by atoms with E-state index >= 15 is 0 Å². The highest BCUT2D eigenvalue weighted by atomic mass is 16.2. The summed E-state index contributed by atoms with van der Waals surface area (Å²) >= 11 is 0. The van der Waals surface area contributed by atoms with E-state index in [4.69, 9.17) is 0 Å². The summed E-state index contributed by atoms with van der Waals surface area (Å²) in [7, 11) is 0. The van der Waals surface area contributed by atoms with Crippen LogP contribution in [0.2, 0.25) is 0 Å². The Hall–Kier alpha value is -0.560. The monoisotopic (exact) mass is 111 g/mol. The van der Waals surface area contributed by atoms with Crippen molar-refractivity contribution in [1.29, 1.82) is 0 Å². The first kappa shape index (κ1) is 7.44. The highest BCUT2D eigenvalue weighted by molar-refractivity contribution is 5.14. The summed E-state index contributed by atoms with van der Waals surface area (Å²) in [5.41, 5.74) is 1.14. The van der Waals surface area contributed by atoms with Crippen LogP contribution in [0.4, 0.5) is 0 Å². The lowest BCUT2D eigenvalue weighted by Gasteiger charge is -1.83. The molecule has 0 fully saturated rings. The molecule has 0 N–H and O–H groups in total. The van der Waals surface area contributed by atoms with Crippen molar-refractivity contribution >= 4 is 0 Å². The second-order valence-corrected chi connectivity index (χ2v) is 1.60. The zero-order chi connectivity index (χ0) is 6.41. The van der Waals surface area contributed by atoms with E-state index in [1.165, 1.54) is 0 Å². The smallest absolute Gasteiger partial charge is 0.101 e. The van der Waals surface area contributed by atoms with E-state index < -0.39 is 0 Å². The molecule has 1 heteroatoms. The summed E-state index contributed by atoms with van der Waals surface area (Å²) in [6, 6.07) is 0. The van der Waals surface area contributed by atoms with Gasteiger partial charge in [-0.2, -0.15) is 0 Å². The molecule has 0 aromatic rings. The molecule has 0 aliphatic rings. The second-order valence-electron chi connectivity index (χ2n) is 1.60. The van der Waals surface area contributed by atoms with Gasteiger partial charge in [0.15, 0.2) is 0 Å². The topological polar surface area (TPSA) is 19.9 Å². The third-order valence-corrected chi connectivity index (χ3v) is 0.932. The minimum absolute atomic E-state index is 0.120. The van der Waals surface area contributed by atoms with Crippen LogP contribution in [0.25, 0.3) is 0 Å². The molecule has 0 rings (SSSR count). The van der Waals surface area contributed by atoms with Gasteiger partial charge < -0.3 is 0 Å². The molecule has 0 aromatic carbocycles. The van der Waals surface area contributed by atoms with Gasteiger partial charge in [0.25, 0.3) is 0 Å². The summed E-state index contributed by atoms with van der Waals surface area (Å²) in [4.78, 5) is 0. The second kappa shape index (κ2) is 4.60. The van der Waals surface area contributed by atoms with Crippen molar-refractivity contribution in [1.82, 2.24) is 0 Å². The fraction of sp³-hybridized carbons (Fsp3) is 0.429. The van der Waals surface area contributed by atoms with Crippen molar-refractivity contribution in [3.05, 3.63) is 23.8 Å². The Morgan fingerprint density at radius 1 is 1.62 bits per heavy atom. The molecule has 0 aliphatic carbocycles. The van der Waals surface area contributed by atoms with E-state index in [1.54, 1.807) is 6.08 Å². The number of hydrogen-bond acceptors (Lipinski definition) is 0. The van der Waals surface area contributed by atoms with Gasteiger partial charge in [-0.15, -0.1) is 0 Å². The molecule has 0 aliphatic heterocycles. The zero-order valence-corrected chi connectivity index (χ0v) is 5.35. The summed E-state index contributed by atoms with van der Waals surface area (Å²) in [5, 5.41) is 9.84. The minimum Gasteiger partial charge on any atom is -0.232 e. The molecule has 0 heterocycles. The molecule has 8 heavy (non-hydrogen) atoms. The summed E-state index contributed by atoms with van der Waals surface area (Å²) in [5.74, 6) is 0. The van der Waals surface area contributed by atoms with Crippen LogP contribution >= 0.6 is 0 Å². The summed E-state index contributed by atoms with van der Waals surface area (Å²) in [6.45, 7) is 3.79. The largest absolute Gasteiger partial charge is 0.232 e. The Labute approximate surface area is 50.3 Å². The molecule has 0 aromatic heterocycles. The van der Waals surface area contributed by atoms with E-state index in [0.29, 0.717) is 0 Å². The normalized spacial score (nSPS) is 13.1. The van der Waals surface area contributed by atoms with Gasteiger partial charge in [0, 0.05) is 0 Å². The average molecular weight is 111 g/mol. The maximum Gasteiger partial charge on any atom is 0.101 e. The molecular formula is C7H11O. The standard InChI is InChI=1S/C7H11O/c1-3-7(2)5-4-6-8/h3-5H,6H2,1-2H3. The van der Waals surface area contributed by atoms with Gasteiger partial charge in [0.2, 0.25) is 0 Å². The van der Waals surface area contributed by atoms with Crippen LogP contribution in [0.1, 0.15) is 13.8 Å². The summed E-state index contributed by atoms with van der Waals surface area (Å²) < 4.78 is 0. The van der Waals surface area contributed by atoms with Gasteiger partial charge in [-0.25, -0.2) is 5.11 Å². The van der Waals surface area contributed by atoms with E-state index in [0.717, 1.165) is 5.57 Å². The third kappa shape index (κ3) is 3.62. The van der Waals surface area contributed by atoms with Crippen molar-refractivity contribution in [2.75, 3.05) is 6.61 Å². The Morgan fingerprint density at radius 2 is 2.25 bits per heavy atom. The van der Waals surface area contributed by atoms with Crippen molar-refractivity contribution in [3.8, 4) is 0 Å². The van der Waals surface area contributed by atoms with E-state index in [2.05, 4.69) is 0 Å². The molecule has 0 saturated carbocycles. The van der Waals surface area contributed by atoms with Crippen LogP contribution in [0.15, 0.2) is 23.8 Å². The SMILES string of the molecule is CC=C(C)C=CC[O]. The lowest BCUT2D eigenvalue weighted by molar-refractivity contribution is 0.232. The summed E-state index contributed by atoms with van der Waals surface area (Å²) in [6.07, 6.45) is 5.40. The van der Waals surface area contributed by atoms with Gasteiger partial charge in [0.1, 0.15) is 6.61 Å². The molecule has 0 spiro atoms. The first-order valence-electron chi connectivity index (χ1n) is 2.68. The fourth-order valence-corrected chi connectivity index (χ4v) is 0.330. The molecule has 45 valence electrons. The molecule has 1 radical (unpaired) electrons. The van der Waals surface area contributed by atoms with Crippen LogP contribution in [0, 0.1) is 0 Å². The lowest BCUT2D eigenvalue weighted by atomic mass is 10.3. The fourth-order valence-electron chi connectivity index (χ4n) is 0.330. The minimum atomic E-state index is -0.120. The van der Waals surface area contributed by atoms with E-state index in [9.17, 15) is 5.11 Å². The first-order valence-corrected chi connectivity index (χ1v) is 2.68. The molecule has 0 atom stereocenters. The molecule has 0 unspecified atom stereocenters. The van der Waals surface area contributed by atoms with Crippen molar-refractivity contribution < 1.29 is 5.11 Å². The molecule has 0 bridgehead atoms. The first-order chi connectivity index (χ1) is 3.81. The van der Waals surface area contributed by atoms with E-state index in [-0.39, 0.29) is 6.61 Å². The number of hydrogen-bond donors (Lipinski definition) is 0.